The molecular formula is C17H16N2O4. The van der Waals surface area contributed by atoms with Crippen molar-refractivity contribution in [3.63, 3.8) is 0 Å². The van der Waals surface area contributed by atoms with E-state index in [2.05, 4.69) is 10.9 Å². The summed E-state index contributed by atoms with van der Waals surface area (Å²) in [6.07, 6.45) is -0.816. The molecule has 6 nitrogen and oxygen atoms in total. The lowest BCUT2D eigenvalue weighted by Gasteiger charge is -2.25. The smallest absolute Gasteiger partial charge is 0.283 e. The van der Waals surface area contributed by atoms with Crippen LogP contribution in [-0.2, 0) is 4.79 Å². The molecule has 0 bridgehead atoms. The van der Waals surface area contributed by atoms with Crippen LogP contribution in [-0.4, -0.2) is 24.5 Å². The third-order valence-electron chi connectivity index (χ3n) is 3.41. The van der Waals surface area contributed by atoms with Crippen molar-refractivity contribution in [2.75, 3.05) is 6.61 Å². The summed E-state index contributed by atoms with van der Waals surface area (Å²) in [6.45, 7) is 2.02. The highest BCUT2D eigenvalue weighted by Crippen LogP contribution is 2.30. The quantitative estimate of drug-likeness (QED) is 0.826. The number of hydrogen-bond acceptors (Lipinski definition) is 4. The largest absolute Gasteiger partial charge is 0.485 e. The van der Waals surface area contributed by atoms with Crippen molar-refractivity contribution in [2.45, 2.75) is 13.0 Å². The van der Waals surface area contributed by atoms with Crippen LogP contribution in [0.1, 0.15) is 15.9 Å². The second-order valence-electron chi connectivity index (χ2n) is 5.17. The lowest BCUT2D eigenvalue weighted by Crippen LogP contribution is -2.50. The Morgan fingerprint density at radius 1 is 1.00 bits per heavy atom. The molecule has 1 heterocycles. The molecule has 0 saturated carbocycles. The average molecular weight is 312 g/mol. The summed E-state index contributed by atoms with van der Waals surface area (Å²) in [6, 6.07) is 14.1. The van der Waals surface area contributed by atoms with E-state index in [0.717, 1.165) is 5.56 Å². The Balaban J connectivity index is 1.56. The Kier molecular flexibility index (Phi) is 4.14. The zero-order chi connectivity index (χ0) is 16.2. The topological polar surface area (TPSA) is 76.7 Å². The van der Waals surface area contributed by atoms with Gasteiger partial charge in [0.25, 0.3) is 11.8 Å². The van der Waals surface area contributed by atoms with Crippen LogP contribution >= 0.6 is 0 Å². The van der Waals surface area contributed by atoms with Gasteiger partial charge in [-0.1, -0.05) is 29.8 Å². The van der Waals surface area contributed by atoms with E-state index in [1.54, 1.807) is 30.3 Å². The van der Waals surface area contributed by atoms with Crippen molar-refractivity contribution in [3.8, 4) is 11.5 Å². The predicted molar refractivity (Wildman–Crippen MR) is 83.1 cm³/mol. The molecule has 1 aliphatic heterocycles. The first-order valence-corrected chi connectivity index (χ1v) is 7.19. The molecule has 2 aromatic carbocycles. The molecule has 1 atom stereocenters. The zero-order valence-electron chi connectivity index (χ0n) is 12.5. The van der Waals surface area contributed by atoms with Crippen LogP contribution in [0.3, 0.4) is 0 Å². The van der Waals surface area contributed by atoms with E-state index in [4.69, 9.17) is 9.47 Å². The van der Waals surface area contributed by atoms with Gasteiger partial charge in [0.15, 0.2) is 11.5 Å². The maximum atomic E-state index is 12.1. The van der Waals surface area contributed by atoms with Gasteiger partial charge in [-0.2, -0.15) is 0 Å². The molecule has 23 heavy (non-hydrogen) atoms. The van der Waals surface area contributed by atoms with E-state index in [0.29, 0.717) is 17.1 Å². The average Bonchev–Trinajstić information content (AvgIpc) is 2.59. The van der Waals surface area contributed by atoms with E-state index < -0.39 is 17.9 Å². The minimum absolute atomic E-state index is 0.0866. The van der Waals surface area contributed by atoms with E-state index in [9.17, 15) is 9.59 Å². The number of hydrazine groups is 1. The molecule has 3 rings (SSSR count). The number of amides is 2. The molecule has 1 aliphatic rings. The third-order valence-corrected chi connectivity index (χ3v) is 3.41. The van der Waals surface area contributed by atoms with Crippen molar-refractivity contribution in [1.29, 1.82) is 0 Å². The van der Waals surface area contributed by atoms with Gasteiger partial charge >= 0.3 is 0 Å². The number of carbonyl (C=O) groups excluding carboxylic acids is 2. The van der Waals surface area contributed by atoms with E-state index >= 15 is 0 Å². The number of aryl methyl sites for hydroxylation is 1. The van der Waals surface area contributed by atoms with E-state index in [1.807, 2.05) is 25.1 Å². The second-order valence-corrected chi connectivity index (χ2v) is 5.17. The molecule has 0 radical (unpaired) electrons. The lowest BCUT2D eigenvalue weighted by atomic mass is 10.1. The summed E-state index contributed by atoms with van der Waals surface area (Å²) >= 11 is 0. The Morgan fingerprint density at radius 3 is 2.43 bits per heavy atom. The maximum absolute atomic E-state index is 12.1. The van der Waals surface area contributed by atoms with Crippen LogP contribution in [0.15, 0.2) is 48.5 Å². The molecule has 0 spiro atoms. The van der Waals surface area contributed by atoms with Gasteiger partial charge < -0.3 is 9.47 Å². The molecule has 2 N–H and O–H groups in total. The Bertz CT molecular complexity index is 728. The van der Waals surface area contributed by atoms with Crippen LogP contribution in [0.4, 0.5) is 0 Å². The van der Waals surface area contributed by atoms with Crippen molar-refractivity contribution in [2.24, 2.45) is 0 Å². The minimum Gasteiger partial charge on any atom is -0.485 e. The fourth-order valence-electron chi connectivity index (χ4n) is 2.12. The molecule has 0 saturated heterocycles. The number of benzene rings is 2. The highest BCUT2D eigenvalue weighted by molar-refractivity contribution is 5.95. The second kappa shape index (κ2) is 6.39. The summed E-state index contributed by atoms with van der Waals surface area (Å²) in [5.74, 6) is 0.236. The molecule has 0 aromatic heterocycles. The van der Waals surface area contributed by atoms with E-state index in [-0.39, 0.29) is 6.61 Å². The molecule has 6 heteroatoms. The minimum atomic E-state index is -0.816. The highest BCUT2D eigenvalue weighted by atomic mass is 16.6. The molecule has 0 aliphatic carbocycles. The normalized spacial score (nSPS) is 15.6. The monoisotopic (exact) mass is 312 g/mol. The first-order valence-electron chi connectivity index (χ1n) is 7.19. The fraction of sp³-hybridized carbons (Fsp3) is 0.176. The summed E-state index contributed by atoms with van der Waals surface area (Å²) in [4.78, 5) is 24.0. The van der Waals surface area contributed by atoms with Gasteiger partial charge in [0.2, 0.25) is 6.10 Å². The number of fused-ring (bicyclic) bond motifs is 1. The number of para-hydroxylation sites is 2. The van der Waals surface area contributed by atoms with Gasteiger partial charge in [0.1, 0.15) is 6.61 Å². The number of nitrogens with one attached hydrogen (secondary N) is 2. The zero-order valence-corrected chi connectivity index (χ0v) is 12.5. The van der Waals surface area contributed by atoms with Crippen LogP contribution in [0.25, 0.3) is 0 Å². The van der Waals surface area contributed by atoms with Crippen LogP contribution in [0, 0.1) is 6.92 Å². The molecular weight excluding hydrogens is 296 g/mol. The van der Waals surface area contributed by atoms with Crippen LogP contribution in [0.5, 0.6) is 11.5 Å². The lowest BCUT2D eigenvalue weighted by molar-refractivity contribution is -0.131. The van der Waals surface area contributed by atoms with Crippen LogP contribution < -0.4 is 20.3 Å². The molecule has 118 valence electrons. The van der Waals surface area contributed by atoms with Gasteiger partial charge in [-0.05, 0) is 31.2 Å². The van der Waals surface area contributed by atoms with Gasteiger partial charge in [-0.15, -0.1) is 0 Å². The maximum Gasteiger partial charge on any atom is 0.283 e. The SMILES string of the molecule is Cc1ccc(C(=O)NNC(=O)[C@H]2COc3ccccc3O2)cc1. The van der Waals surface area contributed by atoms with E-state index in [1.165, 1.54) is 0 Å². The fourth-order valence-corrected chi connectivity index (χ4v) is 2.12. The third kappa shape index (κ3) is 3.42. The van der Waals surface area contributed by atoms with Gasteiger partial charge in [0, 0.05) is 5.56 Å². The van der Waals surface area contributed by atoms with Crippen molar-refractivity contribution in [1.82, 2.24) is 10.9 Å². The van der Waals surface area contributed by atoms with Gasteiger partial charge in [0.05, 0.1) is 0 Å². The standard InChI is InChI=1S/C17H16N2O4/c1-11-6-8-12(9-7-11)16(20)18-19-17(21)15-10-22-13-4-2-3-5-14(13)23-15/h2-9,15H,10H2,1H3,(H,18,20)(H,19,21)/t15-/m1/s1. The summed E-state index contributed by atoms with van der Waals surface area (Å²) < 4.78 is 11.0. The molecule has 0 unspecified atom stereocenters. The van der Waals surface area contributed by atoms with Crippen molar-refractivity contribution < 1.29 is 19.1 Å². The number of hydrogen-bond donors (Lipinski definition) is 2. The Morgan fingerprint density at radius 2 is 1.70 bits per heavy atom. The Labute approximate surface area is 133 Å². The van der Waals surface area contributed by atoms with Crippen molar-refractivity contribution in [3.05, 3.63) is 59.7 Å². The predicted octanol–water partition coefficient (Wildman–Crippen LogP) is 1.60. The molecule has 0 fully saturated rings. The number of rotatable bonds is 2. The van der Waals surface area contributed by atoms with Gasteiger partial charge in [-0.3, -0.25) is 20.4 Å². The molecule has 2 amide bonds. The van der Waals surface area contributed by atoms with Gasteiger partial charge in [-0.25, -0.2) is 0 Å². The number of ether oxygens (including phenoxy) is 2. The number of carbonyl (C=O) groups is 2. The summed E-state index contributed by atoms with van der Waals surface area (Å²) in [7, 11) is 0. The highest BCUT2D eigenvalue weighted by Gasteiger charge is 2.27. The van der Waals surface area contributed by atoms with Crippen molar-refractivity contribution >= 4 is 11.8 Å². The first-order chi connectivity index (χ1) is 11.1. The molecule has 2 aromatic rings. The Hall–Kier alpha value is -3.02. The summed E-state index contributed by atoms with van der Waals surface area (Å²) in [5.41, 5.74) is 6.23. The summed E-state index contributed by atoms with van der Waals surface area (Å²) in [5, 5.41) is 0. The van der Waals surface area contributed by atoms with Crippen LogP contribution in [0.2, 0.25) is 0 Å². The first kappa shape index (κ1) is 14.9.